The number of aryl methyl sites for hydroxylation is 1. The summed E-state index contributed by atoms with van der Waals surface area (Å²) in [5.74, 6) is 0. The van der Waals surface area contributed by atoms with Gasteiger partial charge in [0.1, 0.15) is 0 Å². The second kappa shape index (κ2) is 8.92. The molecule has 0 aliphatic heterocycles. The van der Waals surface area contributed by atoms with E-state index in [0.29, 0.717) is 0 Å². The molecule has 0 bridgehead atoms. The van der Waals surface area contributed by atoms with Crippen molar-refractivity contribution >= 4 is 15.9 Å². The van der Waals surface area contributed by atoms with Crippen LogP contribution < -0.4 is 5.32 Å². The fourth-order valence-electron chi connectivity index (χ4n) is 3.21. The van der Waals surface area contributed by atoms with Crippen LogP contribution in [0.4, 0.5) is 0 Å². The van der Waals surface area contributed by atoms with Gasteiger partial charge in [-0.05, 0) is 63.5 Å². The minimum Gasteiger partial charge on any atom is -0.313 e. The minimum atomic E-state index is 0.841. The Morgan fingerprint density at radius 2 is 2.00 bits per heavy atom. The summed E-state index contributed by atoms with van der Waals surface area (Å²) < 4.78 is 1.19. The normalized spacial score (nSPS) is 16.6. The Morgan fingerprint density at radius 3 is 2.71 bits per heavy atom. The van der Waals surface area contributed by atoms with Gasteiger partial charge in [-0.2, -0.15) is 0 Å². The molecule has 0 amide bonds. The first kappa shape index (κ1) is 17.0. The van der Waals surface area contributed by atoms with Crippen LogP contribution in [-0.2, 0) is 6.54 Å². The lowest BCUT2D eigenvalue weighted by molar-refractivity contribution is 0.189. The molecule has 0 spiro atoms. The molecule has 1 aliphatic carbocycles. The molecule has 3 heteroatoms. The monoisotopic (exact) mass is 352 g/mol. The number of benzene rings is 1. The number of nitrogens with zero attached hydrogens (tertiary/aromatic N) is 1. The van der Waals surface area contributed by atoms with Gasteiger partial charge in [-0.1, -0.05) is 47.3 Å². The molecule has 1 aliphatic rings. The molecule has 0 heterocycles. The van der Waals surface area contributed by atoms with Crippen molar-refractivity contribution in [3.8, 4) is 0 Å². The first-order valence-electron chi connectivity index (χ1n) is 8.33. The highest BCUT2D eigenvalue weighted by atomic mass is 79.9. The Bertz CT molecular complexity index is 427. The number of nitrogens with one attached hydrogen (secondary N) is 1. The summed E-state index contributed by atoms with van der Waals surface area (Å²) in [5.41, 5.74) is 2.68. The SMILES string of the molecule is Cc1cc(CNCCCN(C)C2CCCCC2)ccc1Br. The van der Waals surface area contributed by atoms with Gasteiger partial charge >= 0.3 is 0 Å². The van der Waals surface area contributed by atoms with E-state index in [1.54, 1.807) is 0 Å². The maximum absolute atomic E-state index is 3.56. The van der Waals surface area contributed by atoms with Crippen LogP contribution in [-0.4, -0.2) is 31.1 Å². The fourth-order valence-corrected chi connectivity index (χ4v) is 3.45. The van der Waals surface area contributed by atoms with Crippen molar-refractivity contribution in [2.24, 2.45) is 0 Å². The highest BCUT2D eigenvalue weighted by Crippen LogP contribution is 2.21. The van der Waals surface area contributed by atoms with Crippen molar-refractivity contribution in [3.63, 3.8) is 0 Å². The molecule has 0 radical (unpaired) electrons. The molecule has 1 fully saturated rings. The summed E-state index contributed by atoms with van der Waals surface area (Å²) in [7, 11) is 2.30. The van der Waals surface area contributed by atoms with Gasteiger partial charge < -0.3 is 10.2 Å². The van der Waals surface area contributed by atoms with Crippen LogP contribution in [0.2, 0.25) is 0 Å². The van der Waals surface area contributed by atoms with E-state index in [0.717, 1.165) is 19.1 Å². The van der Waals surface area contributed by atoms with Gasteiger partial charge in [-0.15, -0.1) is 0 Å². The highest BCUT2D eigenvalue weighted by molar-refractivity contribution is 9.10. The molecule has 2 rings (SSSR count). The molecular formula is C18H29BrN2. The Hall–Kier alpha value is -0.380. The first-order chi connectivity index (χ1) is 10.2. The average molecular weight is 353 g/mol. The Morgan fingerprint density at radius 1 is 1.24 bits per heavy atom. The number of halogens is 1. The second-order valence-corrected chi connectivity index (χ2v) is 7.24. The Labute approximate surface area is 138 Å². The average Bonchev–Trinajstić information content (AvgIpc) is 2.51. The van der Waals surface area contributed by atoms with E-state index in [4.69, 9.17) is 0 Å². The van der Waals surface area contributed by atoms with E-state index in [1.807, 2.05) is 0 Å². The molecule has 1 N–H and O–H groups in total. The van der Waals surface area contributed by atoms with Crippen LogP contribution in [0.25, 0.3) is 0 Å². The predicted molar refractivity (Wildman–Crippen MR) is 94.7 cm³/mol. The third kappa shape index (κ3) is 5.72. The smallest absolute Gasteiger partial charge is 0.0205 e. The van der Waals surface area contributed by atoms with Crippen LogP contribution in [0.1, 0.15) is 49.7 Å². The molecule has 1 aromatic rings. The van der Waals surface area contributed by atoms with Gasteiger partial charge in [0, 0.05) is 17.1 Å². The van der Waals surface area contributed by atoms with E-state index in [2.05, 4.69) is 58.3 Å². The number of hydrogen-bond donors (Lipinski definition) is 1. The molecule has 0 atom stereocenters. The van der Waals surface area contributed by atoms with Gasteiger partial charge in [-0.3, -0.25) is 0 Å². The van der Waals surface area contributed by atoms with Crippen molar-refractivity contribution in [2.45, 2.75) is 58.0 Å². The topological polar surface area (TPSA) is 15.3 Å². The largest absolute Gasteiger partial charge is 0.313 e. The molecule has 1 aromatic carbocycles. The van der Waals surface area contributed by atoms with Gasteiger partial charge in [0.2, 0.25) is 0 Å². The summed E-state index contributed by atoms with van der Waals surface area (Å²) in [5, 5.41) is 3.56. The van der Waals surface area contributed by atoms with Crippen LogP contribution in [0, 0.1) is 6.92 Å². The van der Waals surface area contributed by atoms with Crippen molar-refractivity contribution in [3.05, 3.63) is 33.8 Å². The van der Waals surface area contributed by atoms with Crippen molar-refractivity contribution < 1.29 is 0 Å². The van der Waals surface area contributed by atoms with Crippen molar-refractivity contribution in [1.29, 1.82) is 0 Å². The third-order valence-electron chi connectivity index (χ3n) is 4.61. The second-order valence-electron chi connectivity index (χ2n) is 6.39. The van der Waals surface area contributed by atoms with Gasteiger partial charge in [0.05, 0.1) is 0 Å². The minimum absolute atomic E-state index is 0.841. The van der Waals surface area contributed by atoms with E-state index < -0.39 is 0 Å². The molecule has 118 valence electrons. The number of rotatable bonds is 7. The van der Waals surface area contributed by atoms with E-state index >= 15 is 0 Å². The lowest BCUT2D eigenvalue weighted by atomic mass is 9.94. The Kier molecular flexibility index (Phi) is 7.21. The maximum atomic E-state index is 3.56. The molecule has 0 unspecified atom stereocenters. The third-order valence-corrected chi connectivity index (χ3v) is 5.50. The Balaban J connectivity index is 1.60. The summed E-state index contributed by atoms with van der Waals surface area (Å²) >= 11 is 3.55. The summed E-state index contributed by atoms with van der Waals surface area (Å²) in [4.78, 5) is 2.57. The fraction of sp³-hybridized carbons (Fsp3) is 0.667. The van der Waals surface area contributed by atoms with E-state index in [-0.39, 0.29) is 0 Å². The molecular weight excluding hydrogens is 324 g/mol. The lowest BCUT2D eigenvalue weighted by Crippen LogP contribution is -2.35. The standard InChI is InChI=1S/C18H29BrN2/c1-15-13-16(9-10-18(15)19)14-20-11-6-12-21(2)17-7-4-3-5-8-17/h9-10,13,17,20H,3-8,11-12,14H2,1-2H3. The van der Waals surface area contributed by atoms with Crippen LogP contribution in [0.3, 0.4) is 0 Å². The lowest BCUT2D eigenvalue weighted by Gasteiger charge is -2.31. The van der Waals surface area contributed by atoms with Crippen LogP contribution >= 0.6 is 15.9 Å². The first-order valence-corrected chi connectivity index (χ1v) is 9.12. The molecule has 0 aromatic heterocycles. The maximum Gasteiger partial charge on any atom is 0.0205 e. The predicted octanol–water partition coefficient (Wildman–Crippen LogP) is 4.50. The zero-order chi connectivity index (χ0) is 15.1. The molecule has 2 nitrogen and oxygen atoms in total. The molecule has 1 saturated carbocycles. The highest BCUT2D eigenvalue weighted by Gasteiger charge is 2.16. The van der Waals surface area contributed by atoms with Gasteiger partial charge in [-0.25, -0.2) is 0 Å². The van der Waals surface area contributed by atoms with Crippen molar-refractivity contribution in [1.82, 2.24) is 10.2 Å². The molecule has 21 heavy (non-hydrogen) atoms. The zero-order valence-corrected chi connectivity index (χ0v) is 15.1. The van der Waals surface area contributed by atoms with Gasteiger partial charge in [0.15, 0.2) is 0 Å². The number of hydrogen-bond acceptors (Lipinski definition) is 2. The quantitative estimate of drug-likeness (QED) is 0.726. The summed E-state index contributed by atoms with van der Waals surface area (Å²) in [6, 6.07) is 7.43. The van der Waals surface area contributed by atoms with Gasteiger partial charge in [0.25, 0.3) is 0 Å². The van der Waals surface area contributed by atoms with Crippen molar-refractivity contribution in [2.75, 3.05) is 20.1 Å². The van der Waals surface area contributed by atoms with E-state index in [9.17, 15) is 0 Å². The van der Waals surface area contributed by atoms with Crippen LogP contribution in [0.5, 0.6) is 0 Å². The molecule has 0 saturated heterocycles. The summed E-state index contributed by atoms with van der Waals surface area (Å²) in [6.45, 7) is 5.44. The van der Waals surface area contributed by atoms with Crippen LogP contribution in [0.15, 0.2) is 22.7 Å². The van der Waals surface area contributed by atoms with E-state index in [1.165, 1.54) is 60.7 Å². The zero-order valence-electron chi connectivity index (χ0n) is 13.5. The summed E-state index contributed by atoms with van der Waals surface area (Å²) in [6.07, 6.45) is 8.34.